The minimum Gasteiger partial charge on any atom is -0.476 e. The van der Waals surface area contributed by atoms with E-state index in [4.69, 9.17) is 5.11 Å². The summed E-state index contributed by atoms with van der Waals surface area (Å²) in [6.07, 6.45) is -1.79. The number of nitrogens with zero attached hydrogens (tertiary/aromatic N) is 3. The molecule has 0 bridgehead atoms. The van der Waals surface area contributed by atoms with Gasteiger partial charge in [-0.3, -0.25) is 0 Å². The number of rotatable bonds is 3. The van der Waals surface area contributed by atoms with Crippen molar-refractivity contribution >= 4 is 5.97 Å². The highest BCUT2D eigenvalue weighted by Crippen LogP contribution is 2.34. The van der Waals surface area contributed by atoms with Crippen molar-refractivity contribution in [2.75, 3.05) is 0 Å². The highest BCUT2D eigenvalue weighted by molar-refractivity contribution is 5.86. The van der Waals surface area contributed by atoms with Crippen LogP contribution >= 0.6 is 0 Å². The first-order valence-corrected chi connectivity index (χ1v) is 6.19. The summed E-state index contributed by atoms with van der Waals surface area (Å²) >= 11 is 0. The third-order valence-electron chi connectivity index (χ3n) is 3.43. The van der Waals surface area contributed by atoms with Crippen molar-refractivity contribution in [3.8, 4) is 0 Å². The fraction of sp³-hybridized carbons (Fsp3) is 0.727. The van der Waals surface area contributed by atoms with Gasteiger partial charge >= 0.3 is 12.1 Å². The van der Waals surface area contributed by atoms with Gasteiger partial charge in [-0.15, -0.1) is 5.10 Å². The van der Waals surface area contributed by atoms with Crippen molar-refractivity contribution in [2.24, 2.45) is 0 Å². The molecule has 6 nitrogen and oxygen atoms in total. The maximum absolute atomic E-state index is 12.9. The zero-order chi connectivity index (χ0) is 15.0. The average molecular weight is 293 g/mol. The third-order valence-corrected chi connectivity index (χ3v) is 3.43. The molecule has 1 saturated carbocycles. The first-order chi connectivity index (χ1) is 9.23. The van der Waals surface area contributed by atoms with Crippen molar-refractivity contribution in [3.05, 3.63) is 11.4 Å². The lowest BCUT2D eigenvalue weighted by Gasteiger charge is -2.32. The van der Waals surface area contributed by atoms with E-state index in [0.717, 1.165) is 19.3 Å². The van der Waals surface area contributed by atoms with Crippen LogP contribution in [-0.2, 0) is 12.7 Å². The van der Waals surface area contributed by atoms with Crippen LogP contribution in [0, 0.1) is 0 Å². The van der Waals surface area contributed by atoms with Gasteiger partial charge in [0.05, 0.1) is 12.1 Å². The van der Waals surface area contributed by atoms with Crippen molar-refractivity contribution in [1.29, 1.82) is 0 Å². The molecule has 0 radical (unpaired) electrons. The predicted octanol–water partition coefficient (Wildman–Crippen LogP) is 1.69. The number of aromatic nitrogens is 3. The average Bonchev–Trinajstić information content (AvgIpc) is 2.72. The summed E-state index contributed by atoms with van der Waals surface area (Å²) < 4.78 is 39.3. The van der Waals surface area contributed by atoms with Gasteiger partial charge in [-0.05, 0) is 12.8 Å². The van der Waals surface area contributed by atoms with E-state index in [-0.39, 0.29) is 0 Å². The number of hydrogen-bond acceptors (Lipinski definition) is 4. The van der Waals surface area contributed by atoms with Crippen molar-refractivity contribution in [2.45, 2.75) is 50.4 Å². The zero-order valence-corrected chi connectivity index (χ0v) is 10.5. The maximum Gasteiger partial charge on any atom is 0.435 e. The predicted molar refractivity (Wildman–Crippen MR) is 60.0 cm³/mol. The Morgan fingerprint density at radius 2 is 1.90 bits per heavy atom. The Hall–Kier alpha value is -1.64. The van der Waals surface area contributed by atoms with Gasteiger partial charge in [0.1, 0.15) is 0 Å². The normalized spacial score (nSPS) is 19.0. The molecule has 112 valence electrons. The van der Waals surface area contributed by atoms with Gasteiger partial charge in [0.15, 0.2) is 5.69 Å². The molecule has 20 heavy (non-hydrogen) atoms. The van der Waals surface area contributed by atoms with Crippen LogP contribution < -0.4 is 0 Å². The van der Waals surface area contributed by atoms with Gasteiger partial charge in [-0.1, -0.05) is 24.5 Å². The minimum absolute atomic E-state index is 0.368. The number of aromatic carboxylic acids is 1. The second kappa shape index (κ2) is 5.04. The highest BCUT2D eigenvalue weighted by atomic mass is 19.4. The van der Waals surface area contributed by atoms with Gasteiger partial charge < -0.3 is 10.2 Å². The summed E-state index contributed by atoms with van der Waals surface area (Å²) in [5.41, 5.74) is -3.86. The monoisotopic (exact) mass is 293 g/mol. The van der Waals surface area contributed by atoms with Gasteiger partial charge in [-0.2, -0.15) is 13.2 Å². The van der Waals surface area contributed by atoms with E-state index in [1.807, 2.05) is 0 Å². The lowest BCUT2D eigenvalue weighted by atomic mass is 9.85. The number of carboxylic acid groups (broad SMARTS) is 1. The van der Waals surface area contributed by atoms with E-state index >= 15 is 0 Å². The quantitative estimate of drug-likeness (QED) is 0.885. The summed E-state index contributed by atoms with van der Waals surface area (Å²) in [6.45, 7) is -0.401. The molecule has 2 N–H and O–H groups in total. The number of halogens is 3. The van der Waals surface area contributed by atoms with Crippen molar-refractivity contribution in [3.63, 3.8) is 0 Å². The molecule has 0 saturated heterocycles. The van der Waals surface area contributed by atoms with Crippen LogP contribution in [0.25, 0.3) is 0 Å². The molecule has 9 heteroatoms. The van der Waals surface area contributed by atoms with Crippen LogP contribution in [0.5, 0.6) is 0 Å². The van der Waals surface area contributed by atoms with E-state index in [1.165, 1.54) is 0 Å². The zero-order valence-electron chi connectivity index (χ0n) is 10.5. The fourth-order valence-corrected chi connectivity index (χ4v) is 2.50. The van der Waals surface area contributed by atoms with Crippen LogP contribution in [0.1, 0.15) is 48.3 Å². The number of hydrogen-bond donors (Lipinski definition) is 2. The Morgan fingerprint density at radius 3 is 2.40 bits per heavy atom. The van der Waals surface area contributed by atoms with Gasteiger partial charge in [-0.25, -0.2) is 9.48 Å². The van der Waals surface area contributed by atoms with E-state index in [0.29, 0.717) is 17.5 Å². The summed E-state index contributed by atoms with van der Waals surface area (Å²) in [7, 11) is 0. The van der Waals surface area contributed by atoms with E-state index < -0.39 is 35.7 Å². The molecule has 1 aliphatic rings. The van der Waals surface area contributed by atoms with E-state index in [9.17, 15) is 23.1 Å². The topological polar surface area (TPSA) is 88.2 Å². The molecule has 0 unspecified atom stereocenters. The largest absolute Gasteiger partial charge is 0.476 e. The Balaban J connectivity index is 2.34. The van der Waals surface area contributed by atoms with Crippen LogP contribution in [0.2, 0.25) is 0 Å². The molecule has 1 aliphatic carbocycles. The second-order valence-corrected chi connectivity index (χ2v) is 5.03. The Bertz CT molecular complexity index is 507. The molecule has 1 aromatic heterocycles. The maximum atomic E-state index is 12.9. The molecule has 0 atom stereocenters. The molecule has 2 rings (SSSR count). The van der Waals surface area contributed by atoms with Crippen LogP contribution in [0.15, 0.2) is 0 Å². The van der Waals surface area contributed by atoms with E-state index in [1.54, 1.807) is 0 Å². The van der Waals surface area contributed by atoms with Gasteiger partial charge in [0.25, 0.3) is 0 Å². The summed E-state index contributed by atoms with van der Waals surface area (Å²) in [5.74, 6) is -1.79. The number of carbonyl (C=O) groups is 1. The lowest BCUT2D eigenvalue weighted by Crippen LogP contribution is -2.38. The third kappa shape index (κ3) is 2.92. The molecule has 1 heterocycles. The molecule has 0 spiro atoms. The van der Waals surface area contributed by atoms with Crippen molar-refractivity contribution in [1.82, 2.24) is 15.0 Å². The molecule has 0 aromatic carbocycles. The van der Waals surface area contributed by atoms with E-state index in [2.05, 4.69) is 10.3 Å². The first kappa shape index (κ1) is 14.8. The fourth-order valence-electron chi connectivity index (χ4n) is 2.50. The molecule has 0 amide bonds. The number of alkyl halides is 3. The smallest absolute Gasteiger partial charge is 0.435 e. The summed E-state index contributed by atoms with van der Waals surface area (Å²) in [4.78, 5) is 10.8. The second-order valence-electron chi connectivity index (χ2n) is 5.03. The molecule has 0 aliphatic heterocycles. The summed E-state index contributed by atoms with van der Waals surface area (Å²) in [5, 5.41) is 25.3. The van der Waals surface area contributed by atoms with Crippen LogP contribution in [-0.4, -0.2) is 36.8 Å². The highest BCUT2D eigenvalue weighted by Gasteiger charge is 2.43. The molecular weight excluding hydrogens is 279 g/mol. The Kier molecular flexibility index (Phi) is 3.72. The first-order valence-electron chi connectivity index (χ1n) is 6.19. The molecule has 1 aromatic rings. The Morgan fingerprint density at radius 1 is 1.30 bits per heavy atom. The molecular formula is C11H14F3N3O3. The number of aliphatic hydroxyl groups is 1. The minimum atomic E-state index is -4.89. The van der Waals surface area contributed by atoms with Crippen LogP contribution in [0.3, 0.4) is 0 Å². The molecule has 1 fully saturated rings. The van der Waals surface area contributed by atoms with Crippen LogP contribution in [0.4, 0.5) is 13.2 Å². The van der Waals surface area contributed by atoms with Crippen molar-refractivity contribution < 1.29 is 28.2 Å². The summed E-state index contributed by atoms with van der Waals surface area (Å²) in [6, 6.07) is 0. The standard InChI is InChI=1S/C11H14F3N3O3/c12-11(13,14)8-7(9(18)19)15-16-17(8)6-10(20)4-2-1-3-5-10/h20H,1-6H2,(H,18,19). The lowest BCUT2D eigenvalue weighted by molar-refractivity contribution is -0.146. The van der Waals surface area contributed by atoms with Gasteiger partial charge in [0.2, 0.25) is 5.69 Å². The number of carboxylic acids is 1. The Labute approximate surface area is 112 Å². The van der Waals surface area contributed by atoms with Gasteiger partial charge in [0, 0.05) is 0 Å². The SMILES string of the molecule is O=C(O)c1nnn(CC2(O)CCCCC2)c1C(F)(F)F.